The summed E-state index contributed by atoms with van der Waals surface area (Å²) in [5, 5.41) is 3.55. The first-order valence-electron chi connectivity index (χ1n) is 5.02. The van der Waals surface area contributed by atoms with Crippen molar-refractivity contribution in [3.05, 3.63) is 0 Å². The van der Waals surface area contributed by atoms with Crippen molar-refractivity contribution in [2.24, 2.45) is 5.92 Å². The van der Waals surface area contributed by atoms with Crippen LogP contribution in [0, 0.1) is 5.92 Å². The summed E-state index contributed by atoms with van der Waals surface area (Å²) in [7, 11) is 0. The van der Waals surface area contributed by atoms with E-state index in [-0.39, 0.29) is 0 Å². The van der Waals surface area contributed by atoms with E-state index in [4.69, 9.17) is 4.74 Å². The van der Waals surface area contributed by atoms with Gasteiger partial charge < -0.3 is 10.1 Å². The molecule has 0 aromatic heterocycles. The maximum atomic E-state index is 5.10. The summed E-state index contributed by atoms with van der Waals surface area (Å²) in [6.07, 6.45) is 2.61. The van der Waals surface area contributed by atoms with Gasteiger partial charge in [0.15, 0.2) is 0 Å². The molecule has 12 heavy (non-hydrogen) atoms. The van der Waals surface area contributed by atoms with Gasteiger partial charge in [0.05, 0.1) is 19.3 Å². The van der Waals surface area contributed by atoms with E-state index in [9.17, 15) is 0 Å². The van der Waals surface area contributed by atoms with E-state index in [0.717, 1.165) is 19.1 Å². The van der Waals surface area contributed by atoms with Gasteiger partial charge in [0.1, 0.15) is 0 Å². The fraction of sp³-hybridized carbons (Fsp3) is 1.00. The third-order valence-corrected chi connectivity index (χ3v) is 2.34. The van der Waals surface area contributed by atoms with Crippen molar-refractivity contribution in [2.45, 2.75) is 45.7 Å². The van der Waals surface area contributed by atoms with Gasteiger partial charge in [0.2, 0.25) is 0 Å². The molecule has 1 aliphatic heterocycles. The van der Waals surface area contributed by atoms with Crippen LogP contribution in [-0.4, -0.2) is 25.3 Å². The molecule has 0 aliphatic carbocycles. The molecule has 1 unspecified atom stereocenters. The first-order chi connectivity index (χ1) is 5.68. The molecule has 2 nitrogen and oxygen atoms in total. The Hall–Kier alpha value is -0.0800. The quantitative estimate of drug-likeness (QED) is 0.681. The number of hydrogen-bond acceptors (Lipinski definition) is 2. The first kappa shape index (κ1) is 10.0. The summed E-state index contributed by atoms with van der Waals surface area (Å²) in [6.45, 7) is 8.64. The zero-order chi connectivity index (χ0) is 8.97. The highest BCUT2D eigenvalue weighted by atomic mass is 16.5. The third kappa shape index (κ3) is 3.55. The van der Waals surface area contributed by atoms with E-state index in [1.54, 1.807) is 0 Å². The zero-order valence-corrected chi connectivity index (χ0v) is 8.47. The fourth-order valence-electron chi connectivity index (χ4n) is 1.40. The van der Waals surface area contributed by atoms with E-state index >= 15 is 0 Å². The molecule has 2 heteroatoms. The standard InChI is InChI=1S/C10H21NO/c1-8(2)4-5-9(3)11-10-6-12-7-10/h8-11H,4-7H2,1-3H3. The second-order valence-electron chi connectivity index (χ2n) is 4.27. The lowest BCUT2D eigenvalue weighted by Crippen LogP contribution is -2.49. The third-order valence-electron chi connectivity index (χ3n) is 2.34. The molecule has 0 aromatic rings. The monoisotopic (exact) mass is 171 g/mol. The summed E-state index contributed by atoms with van der Waals surface area (Å²) >= 11 is 0. The molecule has 1 rings (SSSR count). The number of nitrogens with one attached hydrogen (secondary N) is 1. The van der Waals surface area contributed by atoms with Crippen molar-refractivity contribution >= 4 is 0 Å². The lowest BCUT2D eigenvalue weighted by atomic mass is 10.0. The van der Waals surface area contributed by atoms with Gasteiger partial charge in [-0.1, -0.05) is 13.8 Å². The fourth-order valence-corrected chi connectivity index (χ4v) is 1.40. The molecule has 1 saturated heterocycles. The molecule has 1 atom stereocenters. The van der Waals surface area contributed by atoms with Crippen molar-refractivity contribution in [1.29, 1.82) is 0 Å². The second kappa shape index (κ2) is 4.83. The van der Waals surface area contributed by atoms with Crippen molar-refractivity contribution in [1.82, 2.24) is 5.32 Å². The Kier molecular flexibility index (Phi) is 4.02. The van der Waals surface area contributed by atoms with Crippen molar-refractivity contribution in [2.75, 3.05) is 13.2 Å². The van der Waals surface area contributed by atoms with Gasteiger partial charge in [-0.25, -0.2) is 0 Å². The van der Waals surface area contributed by atoms with Crippen LogP contribution < -0.4 is 5.32 Å². The van der Waals surface area contributed by atoms with Crippen LogP contribution in [0.3, 0.4) is 0 Å². The lowest BCUT2D eigenvalue weighted by molar-refractivity contribution is -0.00968. The maximum Gasteiger partial charge on any atom is 0.0643 e. The van der Waals surface area contributed by atoms with Crippen LogP contribution in [0.5, 0.6) is 0 Å². The minimum absolute atomic E-state index is 0.632. The molecule has 0 bridgehead atoms. The first-order valence-corrected chi connectivity index (χ1v) is 5.02. The van der Waals surface area contributed by atoms with Crippen LogP contribution in [0.1, 0.15) is 33.6 Å². The Labute approximate surface area is 75.7 Å². The van der Waals surface area contributed by atoms with Crippen LogP contribution in [0.2, 0.25) is 0 Å². The summed E-state index contributed by atoms with van der Waals surface area (Å²) in [4.78, 5) is 0. The SMILES string of the molecule is CC(C)CCC(C)NC1COC1. The molecule has 0 spiro atoms. The van der Waals surface area contributed by atoms with E-state index < -0.39 is 0 Å². The summed E-state index contributed by atoms with van der Waals surface area (Å²) in [5.41, 5.74) is 0. The minimum Gasteiger partial charge on any atom is -0.378 e. The predicted molar refractivity (Wildman–Crippen MR) is 51.3 cm³/mol. The Balaban J connectivity index is 1.98. The largest absolute Gasteiger partial charge is 0.378 e. The Morgan fingerprint density at radius 2 is 1.92 bits per heavy atom. The Morgan fingerprint density at radius 3 is 2.33 bits per heavy atom. The van der Waals surface area contributed by atoms with Crippen LogP contribution in [0.4, 0.5) is 0 Å². The highest BCUT2D eigenvalue weighted by Gasteiger charge is 2.19. The van der Waals surface area contributed by atoms with E-state index in [1.807, 2.05) is 0 Å². The van der Waals surface area contributed by atoms with Gasteiger partial charge in [-0.15, -0.1) is 0 Å². The molecule has 72 valence electrons. The lowest BCUT2D eigenvalue weighted by Gasteiger charge is -2.30. The zero-order valence-electron chi connectivity index (χ0n) is 8.47. The average Bonchev–Trinajstić information content (AvgIpc) is 1.93. The molecule has 1 aliphatic rings. The van der Waals surface area contributed by atoms with Crippen molar-refractivity contribution in [3.8, 4) is 0 Å². The summed E-state index contributed by atoms with van der Waals surface area (Å²) in [6, 6.07) is 1.29. The van der Waals surface area contributed by atoms with Crippen LogP contribution >= 0.6 is 0 Å². The van der Waals surface area contributed by atoms with Gasteiger partial charge in [-0.05, 0) is 25.7 Å². The molecule has 0 saturated carbocycles. The minimum atomic E-state index is 0.632. The molecule has 0 radical (unpaired) electrons. The molecule has 1 fully saturated rings. The normalized spacial score (nSPS) is 21.0. The highest BCUT2D eigenvalue weighted by molar-refractivity contribution is 4.76. The van der Waals surface area contributed by atoms with Crippen LogP contribution in [0.25, 0.3) is 0 Å². The number of rotatable bonds is 5. The predicted octanol–water partition coefficient (Wildman–Crippen LogP) is 1.80. The summed E-state index contributed by atoms with van der Waals surface area (Å²) < 4.78 is 5.10. The smallest absolute Gasteiger partial charge is 0.0643 e. The van der Waals surface area contributed by atoms with Gasteiger partial charge >= 0.3 is 0 Å². The van der Waals surface area contributed by atoms with E-state index in [2.05, 4.69) is 26.1 Å². The molecule has 1 heterocycles. The molecule has 0 amide bonds. The van der Waals surface area contributed by atoms with E-state index in [1.165, 1.54) is 12.8 Å². The molecular formula is C10H21NO. The molecule has 1 N–H and O–H groups in total. The maximum absolute atomic E-state index is 5.10. The average molecular weight is 171 g/mol. The second-order valence-corrected chi connectivity index (χ2v) is 4.27. The van der Waals surface area contributed by atoms with Gasteiger partial charge in [-0.3, -0.25) is 0 Å². The van der Waals surface area contributed by atoms with Crippen molar-refractivity contribution in [3.63, 3.8) is 0 Å². The van der Waals surface area contributed by atoms with Crippen LogP contribution in [-0.2, 0) is 4.74 Å². The Morgan fingerprint density at radius 1 is 1.25 bits per heavy atom. The molecular weight excluding hydrogens is 150 g/mol. The van der Waals surface area contributed by atoms with Crippen LogP contribution in [0.15, 0.2) is 0 Å². The van der Waals surface area contributed by atoms with Gasteiger partial charge in [-0.2, -0.15) is 0 Å². The van der Waals surface area contributed by atoms with Gasteiger partial charge in [0, 0.05) is 6.04 Å². The molecule has 0 aromatic carbocycles. The number of hydrogen-bond donors (Lipinski definition) is 1. The topological polar surface area (TPSA) is 21.3 Å². The highest BCUT2D eigenvalue weighted by Crippen LogP contribution is 2.08. The van der Waals surface area contributed by atoms with Crippen molar-refractivity contribution < 1.29 is 4.74 Å². The Bertz CT molecular complexity index is 121. The van der Waals surface area contributed by atoms with E-state index in [0.29, 0.717) is 12.1 Å². The summed E-state index contributed by atoms with van der Waals surface area (Å²) in [5.74, 6) is 0.826. The number of ether oxygens (including phenoxy) is 1. The van der Waals surface area contributed by atoms with Gasteiger partial charge in [0.25, 0.3) is 0 Å².